The Bertz CT molecular complexity index is 600. The molecule has 2 rings (SSSR count). The van der Waals surface area contributed by atoms with E-state index in [1.807, 2.05) is 45.0 Å². The third-order valence-electron chi connectivity index (χ3n) is 2.34. The van der Waals surface area contributed by atoms with Crippen LogP contribution in [0.1, 0.15) is 20.8 Å². The molecule has 1 aromatic carbocycles. The van der Waals surface area contributed by atoms with Crippen LogP contribution in [0.3, 0.4) is 0 Å². The molecule has 0 aliphatic carbocycles. The van der Waals surface area contributed by atoms with Crippen LogP contribution in [-0.4, -0.2) is 21.5 Å². The van der Waals surface area contributed by atoms with E-state index in [1.54, 1.807) is 16.9 Å². The summed E-state index contributed by atoms with van der Waals surface area (Å²) in [4.78, 5) is 11.8. The van der Waals surface area contributed by atoms with Crippen LogP contribution in [0.2, 0.25) is 0 Å². The van der Waals surface area contributed by atoms with Crippen molar-refractivity contribution < 1.29 is 9.53 Å². The van der Waals surface area contributed by atoms with Gasteiger partial charge in [-0.2, -0.15) is 5.10 Å². The molecule has 6 heteroatoms. The summed E-state index contributed by atoms with van der Waals surface area (Å²) in [5, 5.41) is 6.88. The van der Waals surface area contributed by atoms with Crippen molar-refractivity contribution in [3.8, 4) is 5.69 Å². The zero-order valence-corrected chi connectivity index (χ0v) is 13.1. The van der Waals surface area contributed by atoms with Crippen molar-refractivity contribution in [3.63, 3.8) is 0 Å². The lowest BCUT2D eigenvalue weighted by Gasteiger charge is -2.19. The van der Waals surface area contributed by atoms with Gasteiger partial charge in [0.25, 0.3) is 0 Å². The van der Waals surface area contributed by atoms with Gasteiger partial charge < -0.3 is 4.74 Å². The molecule has 1 aromatic heterocycles. The van der Waals surface area contributed by atoms with Gasteiger partial charge in [0, 0.05) is 10.5 Å². The molecule has 2 aromatic rings. The third-order valence-corrected chi connectivity index (χ3v) is 2.87. The van der Waals surface area contributed by atoms with Crippen LogP contribution < -0.4 is 5.32 Å². The zero-order chi connectivity index (χ0) is 14.8. The lowest BCUT2D eigenvalue weighted by atomic mass is 10.2. The number of benzene rings is 1. The average molecular weight is 338 g/mol. The molecule has 0 atom stereocenters. The van der Waals surface area contributed by atoms with Crippen LogP contribution in [0.15, 0.2) is 41.0 Å². The maximum Gasteiger partial charge on any atom is 0.413 e. The number of carbonyl (C=O) groups excluding carboxylic acids is 1. The molecule has 1 heterocycles. The van der Waals surface area contributed by atoms with Crippen molar-refractivity contribution in [2.75, 3.05) is 5.32 Å². The summed E-state index contributed by atoms with van der Waals surface area (Å²) in [6, 6.07) is 9.34. The number of halogens is 1. The first kappa shape index (κ1) is 14.6. The van der Waals surface area contributed by atoms with Crippen LogP contribution >= 0.6 is 15.9 Å². The van der Waals surface area contributed by atoms with Gasteiger partial charge in [-0.25, -0.2) is 9.48 Å². The Morgan fingerprint density at radius 1 is 1.25 bits per heavy atom. The van der Waals surface area contributed by atoms with Crippen molar-refractivity contribution in [2.45, 2.75) is 26.4 Å². The maximum absolute atomic E-state index is 11.8. The van der Waals surface area contributed by atoms with Gasteiger partial charge in [0.2, 0.25) is 0 Å². The Morgan fingerprint density at radius 3 is 2.50 bits per heavy atom. The highest BCUT2D eigenvalue weighted by atomic mass is 79.9. The van der Waals surface area contributed by atoms with E-state index in [9.17, 15) is 4.79 Å². The smallest absolute Gasteiger partial charge is 0.413 e. The number of ether oxygens (including phenoxy) is 1. The summed E-state index contributed by atoms with van der Waals surface area (Å²) >= 11 is 3.38. The highest BCUT2D eigenvalue weighted by molar-refractivity contribution is 9.10. The number of amides is 1. The molecule has 0 spiro atoms. The highest BCUT2D eigenvalue weighted by Gasteiger charge is 2.17. The summed E-state index contributed by atoms with van der Waals surface area (Å²) < 4.78 is 7.84. The summed E-state index contributed by atoms with van der Waals surface area (Å²) in [5.41, 5.74) is 0.316. The summed E-state index contributed by atoms with van der Waals surface area (Å²) in [6.07, 6.45) is 1.12. The fraction of sp³-hybridized carbons (Fsp3) is 0.286. The summed E-state index contributed by atoms with van der Waals surface area (Å²) in [5.74, 6) is 0.557. The van der Waals surface area contributed by atoms with Gasteiger partial charge >= 0.3 is 6.09 Å². The number of hydrogen-bond acceptors (Lipinski definition) is 3. The average Bonchev–Trinajstić information content (AvgIpc) is 2.75. The second kappa shape index (κ2) is 5.66. The van der Waals surface area contributed by atoms with Gasteiger partial charge in [0.05, 0.1) is 11.9 Å². The molecule has 1 N–H and O–H groups in total. The Labute approximate surface area is 126 Å². The van der Waals surface area contributed by atoms with E-state index in [-0.39, 0.29) is 0 Å². The molecule has 0 saturated heterocycles. The van der Waals surface area contributed by atoms with Crippen molar-refractivity contribution in [1.29, 1.82) is 0 Å². The van der Waals surface area contributed by atoms with Crippen LogP contribution in [0.25, 0.3) is 5.69 Å². The molecular formula is C14H16BrN3O2. The number of nitrogens with zero attached hydrogens (tertiary/aromatic N) is 2. The van der Waals surface area contributed by atoms with E-state index in [2.05, 4.69) is 26.3 Å². The first-order chi connectivity index (χ1) is 9.35. The maximum atomic E-state index is 11.8. The lowest BCUT2D eigenvalue weighted by Crippen LogP contribution is -2.27. The molecule has 0 bridgehead atoms. The predicted molar refractivity (Wildman–Crippen MR) is 81.1 cm³/mol. The molecule has 0 aliphatic heterocycles. The largest absolute Gasteiger partial charge is 0.444 e. The van der Waals surface area contributed by atoms with Gasteiger partial charge in [-0.3, -0.25) is 5.32 Å². The molecule has 0 fully saturated rings. The summed E-state index contributed by atoms with van der Waals surface area (Å²) in [7, 11) is 0. The molecule has 0 unspecified atom stereocenters. The predicted octanol–water partition coefficient (Wildman–Crippen LogP) is 3.98. The SMILES string of the molecule is CC(C)(C)OC(=O)Nc1ccnn1-c1ccc(Br)cc1. The van der Waals surface area contributed by atoms with E-state index in [0.29, 0.717) is 5.82 Å². The minimum atomic E-state index is -0.535. The first-order valence-electron chi connectivity index (χ1n) is 6.15. The fourth-order valence-corrected chi connectivity index (χ4v) is 1.86. The molecule has 5 nitrogen and oxygen atoms in total. The van der Waals surface area contributed by atoms with E-state index < -0.39 is 11.7 Å². The van der Waals surface area contributed by atoms with E-state index >= 15 is 0 Å². The van der Waals surface area contributed by atoms with Crippen LogP contribution in [0.5, 0.6) is 0 Å². The van der Waals surface area contributed by atoms with Gasteiger partial charge in [-0.05, 0) is 45.0 Å². The molecular weight excluding hydrogens is 322 g/mol. The Balaban J connectivity index is 2.17. The molecule has 106 valence electrons. The lowest BCUT2D eigenvalue weighted by molar-refractivity contribution is 0.0635. The minimum absolute atomic E-state index is 0.503. The van der Waals surface area contributed by atoms with Crippen molar-refractivity contribution in [3.05, 3.63) is 41.0 Å². The van der Waals surface area contributed by atoms with Gasteiger partial charge in [0.1, 0.15) is 11.4 Å². The fourth-order valence-electron chi connectivity index (χ4n) is 1.59. The number of carbonyl (C=O) groups is 1. The third kappa shape index (κ3) is 3.84. The van der Waals surface area contributed by atoms with Gasteiger partial charge in [-0.15, -0.1) is 0 Å². The molecule has 20 heavy (non-hydrogen) atoms. The Hall–Kier alpha value is -1.82. The van der Waals surface area contributed by atoms with Crippen molar-refractivity contribution in [1.82, 2.24) is 9.78 Å². The van der Waals surface area contributed by atoms with Crippen molar-refractivity contribution >= 4 is 27.8 Å². The quantitative estimate of drug-likeness (QED) is 0.901. The Kier molecular flexibility index (Phi) is 4.13. The second-order valence-electron chi connectivity index (χ2n) is 5.23. The monoisotopic (exact) mass is 337 g/mol. The van der Waals surface area contributed by atoms with Gasteiger partial charge in [0.15, 0.2) is 0 Å². The molecule has 0 radical (unpaired) electrons. The summed E-state index contributed by atoms with van der Waals surface area (Å²) in [6.45, 7) is 5.45. The minimum Gasteiger partial charge on any atom is -0.444 e. The normalized spacial score (nSPS) is 11.2. The van der Waals surface area contributed by atoms with Crippen LogP contribution in [0.4, 0.5) is 10.6 Å². The number of aromatic nitrogens is 2. The van der Waals surface area contributed by atoms with E-state index in [1.165, 1.54) is 0 Å². The van der Waals surface area contributed by atoms with Crippen molar-refractivity contribution in [2.24, 2.45) is 0 Å². The van der Waals surface area contributed by atoms with E-state index in [4.69, 9.17) is 4.74 Å². The number of rotatable bonds is 2. The van der Waals surface area contributed by atoms with Crippen LogP contribution in [-0.2, 0) is 4.74 Å². The van der Waals surface area contributed by atoms with Crippen LogP contribution in [0, 0.1) is 0 Å². The zero-order valence-electron chi connectivity index (χ0n) is 11.6. The molecule has 1 amide bonds. The standard InChI is InChI=1S/C14H16BrN3O2/c1-14(2,3)20-13(19)17-12-8-9-16-18(12)11-6-4-10(15)5-7-11/h4-9H,1-3H3,(H,17,19). The van der Waals surface area contributed by atoms with E-state index in [0.717, 1.165) is 10.2 Å². The number of nitrogens with one attached hydrogen (secondary N) is 1. The number of hydrogen-bond donors (Lipinski definition) is 1. The molecule has 0 aliphatic rings. The molecule has 0 saturated carbocycles. The Morgan fingerprint density at radius 2 is 1.90 bits per heavy atom. The van der Waals surface area contributed by atoms with Gasteiger partial charge in [-0.1, -0.05) is 15.9 Å². The topological polar surface area (TPSA) is 56.1 Å². The second-order valence-corrected chi connectivity index (χ2v) is 6.15. The first-order valence-corrected chi connectivity index (χ1v) is 6.94. The number of anilines is 1. The highest BCUT2D eigenvalue weighted by Crippen LogP contribution is 2.18.